The van der Waals surface area contributed by atoms with Crippen molar-refractivity contribution >= 4 is 44.9 Å². The lowest BCUT2D eigenvalue weighted by Crippen LogP contribution is -2.00. The number of hydrogen-bond donors (Lipinski definition) is 0. The van der Waals surface area contributed by atoms with Crippen LogP contribution >= 0.6 is 11.6 Å². The van der Waals surface area contributed by atoms with Crippen molar-refractivity contribution < 1.29 is 9.72 Å². The summed E-state index contributed by atoms with van der Waals surface area (Å²) < 4.78 is 2.13. The predicted octanol–water partition coefficient (Wildman–Crippen LogP) is 6.87. The highest BCUT2D eigenvalue weighted by atomic mass is 35.5. The molecule has 0 aliphatic rings. The topological polar surface area (TPSA) is 65.1 Å². The summed E-state index contributed by atoms with van der Waals surface area (Å²) in [6.45, 7) is 2.90. The van der Waals surface area contributed by atoms with E-state index >= 15 is 0 Å². The van der Waals surface area contributed by atoms with Crippen molar-refractivity contribution in [3.05, 3.63) is 52.1 Å². The molecule has 3 aromatic rings. The summed E-state index contributed by atoms with van der Waals surface area (Å²) in [7, 11) is 0. The molecule has 0 radical (unpaired) electrons. The first-order chi connectivity index (χ1) is 14.1. The second-order valence-corrected chi connectivity index (χ2v) is 7.85. The van der Waals surface area contributed by atoms with E-state index in [9.17, 15) is 14.9 Å². The van der Waals surface area contributed by atoms with Gasteiger partial charge >= 0.3 is 0 Å². The third kappa shape index (κ3) is 4.78. The molecule has 3 rings (SSSR count). The summed E-state index contributed by atoms with van der Waals surface area (Å²) >= 11 is 5.89. The van der Waals surface area contributed by atoms with Crippen LogP contribution in [0, 0.1) is 10.1 Å². The third-order valence-corrected chi connectivity index (χ3v) is 5.67. The molecular weight excluding hydrogens is 388 g/mol. The second-order valence-electron chi connectivity index (χ2n) is 7.47. The molecule has 1 aromatic heterocycles. The van der Waals surface area contributed by atoms with E-state index in [0.29, 0.717) is 17.9 Å². The number of nitrogens with zero attached hydrogens (tertiary/aromatic N) is 2. The number of aromatic nitrogens is 1. The molecule has 0 saturated carbocycles. The molecule has 2 aromatic carbocycles. The minimum atomic E-state index is -0.382. The van der Waals surface area contributed by atoms with Crippen LogP contribution in [-0.4, -0.2) is 21.2 Å². The smallest absolute Gasteiger partial charge is 0.270 e. The first kappa shape index (κ1) is 21.3. The summed E-state index contributed by atoms with van der Waals surface area (Å²) in [5.41, 5.74) is 2.64. The Kier molecular flexibility index (Phi) is 7.26. The van der Waals surface area contributed by atoms with Gasteiger partial charge in [-0.15, -0.1) is 11.6 Å². The number of rotatable bonds is 11. The molecule has 0 N–H and O–H groups in total. The standard InChI is InChI=1S/C23H27ClN2O3/c1-2-3-4-5-6-8-23(27)17-9-11-21-19(15-17)20-16-18(26(28)29)10-12-22(20)25(21)14-7-13-24/h9-12,15-16H,2-8,13-14H2,1H3. The van der Waals surface area contributed by atoms with E-state index in [2.05, 4.69) is 11.5 Å². The van der Waals surface area contributed by atoms with Crippen LogP contribution in [0.4, 0.5) is 5.69 Å². The summed E-state index contributed by atoms with van der Waals surface area (Å²) in [4.78, 5) is 23.6. The molecule has 6 heteroatoms. The van der Waals surface area contributed by atoms with E-state index in [0.717, 1.165) is 47.6 Å². The lowest BCUT2D eigenvalue weighted by molar-refractivity contribution is -0.384. The monoisotopic (exact) mass is 414 g/mol. The number of benzene rings is 2. The molecule has 0 atom stereocenters. The van der Waals surface area contributed by atoms with Crippen LogP contribution in [0.1, 0.15) is 62.2 Å². The maximum atomic E-state index is 12.7. The lowest BCUT2D eigenvalue weighted by atomic mass is 10.0. The number of carbonyl (C=O) groups is 1. The minimum absolute atomic E-state index is 0.0570. The largest absolute Gasteiger partial charge is 0.340 e. The van der Waals surface area contributed by atoms with Gasteiger partial charge in [-0.1, -0.05) is 32.6 Å². The Morgan fingerprint density at radius 3 is 2.38 bits per heavy atom. The van der Waals surface area contributed by atoms with E-state index in [4.69, 9.17) is 11.6 Å². The van der Waals surface area contributed by atoms with E-state index in [1.54, 1.807) is 12.1 Å². The fraction of sp³-hybridized carbons (Fsp3) is 0.435. The Balaban J connectivity index is 1.97. The van der Waals surface area contributed by atoms with Crippen molar-refractivity contribution in [2.75, 3.05) is 5.88 Å². The molecule has 0 fully saturated rings. The van der Waals surface area contributed by atoms with Gasteiger partial charge in [-0.2, -0.15) is 0 Å². The van der Waals surface area contributed by atoms with Crippen molar-refractivity contribution in [2.45, 2.75) is 58.4 Å². The first-order valence-corrected chi connectivity index (χ1v) is 10.9. The molecule has 0 amide bonds. The average molecular weight is 415 g/mol. The number of nitro groups is 1. The highest BCUT2D eigenvalue weighted by Crippen LogP contribution is 2.33. The van der Waals surface area contributed by atoms with Crippen LogP contribution in [-0.2, 0) is 6.54 Å². The van der Waals surface area contributed by atoms with Gasteiger partial charge in [0.05, 0.1) is 4.92 Å². The number of aryl methyl sites for hydroxylation is 1. The van der Waals surface area contributed by atoms with Gasteiger partial charge < -0.3 is 4.57 Å². The zero-order chi connectivity index (χ0) is 20.8. The van der Waals surface area contributed by atoms with Gasteiger partial charge in [0.15, 0.2) is 5.78 Å². The zero-order valence-electron chi connectivity index (χ0n) is 16.8. The van der Waals surface area contributed by atoms with E-state index < -0.39 is 0 Å². The fourth-order valence-electron chi connectivity index (χ4n) is 3.87. The van der Waals surface area contributed by atoms with E-state index in [1.165, 1.54) is 25.3 Å². The van der Waals surface area contributed by atoms with Gasteiger partial charge in [0.1, 0.15) is 0 Å². The molecule has 0 aliphatic carbocycles. The number of non-ortho nitro benzene ring substituents is 1. The SMILES string of the molecule is CCCCCCCC(=O)c1ccc2c(c1)c1cc([N+](=O)[O-])ccc1n2CCCCl. The highest BCUT2D eigenvalue weighted by molar-refractivity contribution is 6.17. The summed E-state index contributed by atoms with van der Waals surface area (Å²) in [6.07, 6.45) is 6.88. The Labute approximate surface area is 175 Å². The van der Waals surface area contributed by atoms with Crippen molar-refractivity contribution in [2.24, 2.45) is 0 Å². The number of hydrogen-bond acceptors (Lipinski definition) is 3. The van der Waals surface area contributed by atoms with Crippen molar-refractivity contribution in [1.29, 1.82) is 0 Å². The van der Waals surface area contributed by atoms with Crippen molar-refractivity contribution in [1.82, 2.24) is 4.57 Å². The van der Waals surface area contributed by atoms with Crippen LogP contribution in [0.25, 0.3) is 21.8 Å². The molecule has 0 aliphatic heterocycles. The number of alkyl halides is 1. The van der Waals surface area contributed by atoms with E-state index in [1.807, 2.05) is 18.2 Å². The van der Waals surface area contributed by atoms with Gasteiger partial charge in [-0.25, -0.2) is 0 Å². The van der Waals surface area contributed by atoms with Gasteiger partial charge in [0.2, 0.25) is 0 Å². The third-order valence-electron chi connectivity index (χ3n) is 5.40. The molecule has 5 nitrogen and oxygen atoms in total. The van der Waals surface area contributed by atoms with Crippen LogP contribution < -0.4 is 0 Å². The van der Waals surface area contributed by atoms with Gasteiger partial charge in [-0.3, -0.25) is 14.9 Å². The van der Waals surface area contributed by atoms with Gasteiger partial charge in [0, 0.05) is 58.3 Å². The minimum Gasteiger partial charge on any atom is -0.340 e. The molecule has 0 saturated heterocycles. The number of unbranched alkanes of at least 4 members (excludes halogenated alkanes) is 4. The highest BCUT2D eigenvalue weighted by Gasteiger charge is 2.16. The summed E-state index contributed by atoms with van der Waals surface area (Å²) in [5, 5.41) is 12.9. The summed E-state index contributed by atoms with van der Waals surface area (Å²) in [6, 6.07) is 10.7. The van der Waals surface area contributed by atoms with E-state index in [-0.39, 0.29) is 16.4 Å². The van der Waals surface area contributed by atoms with Crippen molar-refractivity contribution in [3.8, 4) is 0 Å². The maximum Gasteiger partial charge on any atom is 0.270 e. The number of nitro benzene ring substituents is 1. The molecule has 1 heterocycles. The Hall–Kier alpha value is -2.40. The quantitative estimate of drug-likeness (QED) is 0.113. The predicted molar refractivity (Wildman–Crippen MR) is 119 cm³/mol. The van der Waals surface area contributed by atoms with Crippen LogP contribution in [0.2, 0.25) is 0 Å². The van der Waals surface area contributed by atoms with Crippen LogP contribution in [0.15, 0.2) is 36.4 Å². The molecule has 29 heavy (non-hydrogen) atoms. The molecule has 0 bridgehead atoms. The van der Waals surface area contributed by atoms with Gasteiger partial charge in [0.25, 0.3) is 5.69 Å². The van der Waals surface area contributed by atoms with Crippen molar-refractivity contribution in [3.63, 3.8) is 0 Å². The zero-order valence-corrected chi connectivity index (χ0v) is 17.6. The number of halogens is 1. The lowest BCUT2D eigenvalue weighted by Gasteiger charge is -2.06. The van der Waals surface area contributed by atoms with Crippen LogP contribution in [0.3, 0.4) is 0 Å². The summed E-state index contributed by atoms with van der Waals surface area (Å²) in [5.74, 6) is 0.679. The maximum absolute atomic E-state index is 12.7. The fourth-order valence-corrected chi connectivity index (χ4v) is 3.99. The number of Topliss-reactive ketones (excluding diaryl/α,β-unsaturated/α-hetero) is 1. The number of ketones is 1. The number of carbonyl (C=O) groups excluding carboxylic acids is 1. The molecule has 0 spiro atoms. The normalized spacial score (nSPS) is 11.4. The van der Waals surface area contributed by atoms with Crippen LogP contribution in [0.5, 0.6) is 0 Å². The Bertz CT molecular complexity index is 1030. The number of fused-ring (bicyclic) bond motifs is 3. The first-order valence-electron chi connectivity index (χ1n) is 10.4. The van der Waals surface area contributed by atoms with Gasteiger partial charge in [-0.05, 0) is 37.1 Å². The Morgan fingerprint density at radius 1 is 1.00 bits per heavy atom. The molecular formula is C23H27ClN2O3. The second kappa shape index (κ2) is 9.88. The average Bonchev–Trinajstić information content (AvgIpc) is 3.04. The Morgan fingerprint density at radius 2 is 1.69 bits per heavy atom. The molecule has 154 valence electrons. The molecule has 0 unspecified atom stereocenters.